The van der Waals surface area contributed by atoms with E-state index in [2.05, 4.69) is 15.6 Å². The van der Waals surface area contributed by atoms with Crippen LogP contribution in [-0.2, 0) is 20.6 Å². The van der Waals surface area contributed by atoms with Crippen molar-refractivity contribution in [1.29, 1.82) is 0 Å². The van der Waals surface area contributed by atoms with E-state index in [1.807, 2.05) is 0 Å². The number of anilines is 1. The Labute approximate surface area is 246 Å². The summed E-state index contributed by atoms with van der Waals surface area (Å²) in [6.07, 6.45) is -18.3. The third-order valence-electron chi connectivity index (χ3n) is 6.15. The number of nitrogens with one attached hydrogen (secondary N) is 2. The first-order chi connectivity index (χ1) is 20.2. The van der Waals surface area contributed by atoms with Crippen molar-refractivity contribution in [2.45, 2.75) is 70.6 Å². The largest absolute Gasteiger partial charge is 0.416 e. The molecule has 16 heteroatoms. The molecule has 1 aliphatic rings. The lowest BCUT2D eigenvalue weighted by Crippen LogP contribution is -2.45. The maximum atomic E-state index is 13.4. The Bertz CT molecular complexity index is 1370. The minimum Gasteiger partial charge on any atom is -0.370 e. The Morgan fingerprint density at radius 3 is 2.11 bits per heavy atom. The Kier molecular flexibility index (Phi) is 12.0. The highest BCUT2D eigenvalue weighted by molar-refractivity contribution is 6.20. The van der Waals surface area contributed by atoms with E-state index >= 15 is 0 Å². The van der Waals surface area contributed by atoms with Crippen LogP contribution >= 0.6 is 0 Å². The number of nitrogens with zero attached hydrogens (tertiary/aromatic N) is 1. The lowest BCUT2D eigenvalue weighted by Gasteiger charge is -2.19. The van der Waals surface area contributed by atoms with Crippen molar-refractivity contribution in [2.75, 3.05) is 5.32 Å². The molecule has 0 radical (unpaired) electrons. The number of fused-ring (bicyclic) bond motifs is 1. The first-order valence-electron chi connectivity index (χ1n) is 13.1. The highest BCUT2D eigenvalue weighted by Gasteiger charge is 2.35. The van der Waals surface area contributed by atoms with Crippen molar-refractivity contribution < 1.29 is 53.9 Å². The number of halogens is 9. The number of aryl methyl sites for hydroxylation is 1. The standard InChI is InChI=1S/C24H22F6N4O3.C4H7F3/c1-12-4-2-7-16-18(12)33-22(37)20(32-19(16)13-5-3-6-15(10-13)24(28,29)30)34-21(36)14(11-17(31)35)8-9-23(25,26)27;1-2-3-4(5,6)7/h2-7,10,14,20H,8-9,11H2,1H3,(H2,31,35)(H,33,37)(H,34,36);2-3H2,1H3. The van der Waals surface area contributed by atoms with Gasteiger partial charge in [-0.15, -0.1) is 0 Å². The molecule has 0 aliphatic carbocycles. The molecular weight excluding hydrogens is 611 g/mol. The second-order valence-corrected chi connectivity index (χ2v) is 9.84. The molecule has 7 nitrogen and oxygen atoms in total. The summed E-state index contributed by atoms with van der Waals surface area (Å²) in [5, 5.41) is 4.78. The molecule has 4 N–H and O–H groups in total. The average molecular weight is 641 g/mol. The van der Waals surface area contributed by atoms with Crippen molar-refractivity contribution in [3.05, 3.63) is 64.7 Å². The van der Waals surface area contributed by atoms with Gasteiger partial charge in [-0.25, -0.2) is 4.99 Å². The number of carbonyl (C=O) groups excluding carboxylic acids is 3. The molecule has 2 aromatic rings. The lowest BCUT2D eigenvalue weighted by molar-refractivity contribution is -0.143. The highest BCUT2D eigenvalue weighted by Crippen LogP contribution is 2.32. The molecule has 0 spiro atoms. The van der Waals surface area contributed by atoms with Gasteiger partial charge in [0.15, 0.2) is 0 Å². The first-order valence-corrected chi connectivity index (χ1v) is 13.1. The summed E-state index contributed by atoms with van der Waals surface area (Å²) in [6, 6.07) is 8.95. The van der Waals surface area contributed by atoms with Gasteiger partial charge in [-0.3, -0.25) is 14.4 Å². The number of hydrogen-bond donors (Lipinski definition) is 3. The minimum atomic E-state index is -4.67. The number of amides is 3. The number of benzodiazepines with no additional fused rings is 1. The van der Waals surface area contributed by atoms with E-state index in [0.717, 1.165) is 18.2 Å². The van der Waals surface area contributed by atoms with E-state index in [9.17, 15) is 53.9 Å². The Hall–Kier alpha value is -4.11. The van der Waals surface area contributed by atoms with Crippen LogP contribution in [0.15, 0.2) is 47.5 Å². The van der Waals surface area contributed by atoms with E-state index in [-0.39, 0.29) is 28.9 Å². The molecule has 2 unspecified atom stereocenters. The van der Waals surface area contributed by atoms with Crippen LogP contribution in [0.4, 0.5) is 45.2 Å². The summed E-state index contributed by atoms with van der Waals surface area (Å²) in [5.74, 6) is -4.49. The van der Waals surface area contributed by atoms with Crippen LogP contribution in [-0.4, -0.2) is 42.0 Å². The molecule has 0 bridgehead atoms. The van der Waals surface area contributed by atoms with Gasteiger partial charge in [0.25, 0.3) is 5.91 Å². The molecule has 0 saturated heterocycles. The van der Waals surface area contributed by atoms with Crippen molar-refractivity contribution >= 4 is 29.1 Å². The zero-order chi connectivity index (χ0) is 33.5. The molecule has 0 fully saturated rings. The fourth-order valence-electron chi connectivity index (χ4n) is 4.09. The van der Waals surface area contributed by atoms with Crippen LogP contribution in [0.25, 0.3) is 0 Å². The third-order valence-corrected chi connectivity index (χ3v) is 6.15. The van der Waals surface area contributed by atoms with Gasteiger partial charge in [-0.05, 0) is 37.5 Å². The number of hydrogen-bond acceptors (Lipinski definition) is 4. The van der Waals surface area contributed by atoms with Gasteiger partial charge in [0.05, 0.1) is 17.0 Å². The Morgan fingerprint density at radius 2 is 1.59 bits per heavy atom. The fourth-order valence-corrected chi connectivity index (χ4v) is 4.09. The molecule has 2 atom stereocenters. The van der Waals surface area contributed by atoms with Crippen LogP contribution in [0.2, 0.25) is 0 Å². The number of benzene rings is 2. The smallest absolute Gasteiger partial charge is 0.370 e. The Morgan fingerprint density at radius 1 is 0.977 bits per heavy atom. The molecule has 3 amide bonds. The van der Waals surface area contributed by atoms with Crippen molar-refractivity contribution in [1.82, 2.24) is 5.32 Å². The summed E-state index contributed by atoms with van der Waals surface area (Å²) in [6.45, 7) is 3.15. The van der Waals surface area contributed by atoms with E-state index in [1.165, 1.54) is 19.1 Å². The van der Waals surface area contributed by atoms with E-state index < -0.39 is 79.6 Å². The van der Waals surface area contributed by atoms with Gasteiger partial charge >= 0.3 is 18.5 Å². The average Bonchev–Trinajstić information content (AvgIpc) is 3.02. The zero-order valence-electron chi connectivity index (χ0n) is 23.4. The number of para-hydroxylation sites is 1. The zero-order valence-corrected chi connectivity index (χ0v) is 23.4. The molecule has 242 valence electrons. The molecule has 0 aromatic heterocycles. The summed E-state index contributed by atoms with van der Waals surface area (Å²) in [5.41, 5.74) is 5.10. The second kappa shape index (κ2) is 14.6. The van der Waals surface area contributed by atoms with E-state index in [4.69, 9.17) is 5.73 Å². The molecule has 2 aromatic carbocycles. The van der Waals surface area contributed by atoms with Gasteiger partial charge in [0.1, 0.15) is 0 Å². The quantitative estimate of drug-likeness (QED) is 0.289. The maximum Gasteiger partial charge on any atom is 0.416 e. The van der Waals surface area contributed by atoms with Crippen molar-refractivity contribution in [3.63, 3.8) is 0 Å². The molecular formula is C28H29F9N4O3. The molecule has 3 rings (SSSR count). The molecule has 1 heterocycles. The number of aliphatic imine (C=N–C) groups is 1. The third kappa shape index (κ3) is 11.2. The predicted octanol–water partition coefficient (Wildman–Crippen LogP) is 6.43. The van der Waals surface area contributed by atoms with Gasteiger partial charge < -0.3 is 16.4 Å². The van der Waals surface area contributed by atoms with Crippen LogP contribution in [0, 0.1) is 12.8 Å². The summed E-state index contributed by atoms with van der Waals surface area (Å²) < 4.78 is 111. The van der Waals surface area contributed by atoms with Gasteiger partial charge in [-0.1, -0.05) is 37.3 Å². The number of rotatable bonds is 8. The molecule has 1 aliphatic heterocycles. The molecule has 44 heavy (non-hydrogen) atoms. The number of alkyl halides is 9. The van der Waals surface area contributed by atoms with Crippen LogP contribution in [0.5, 0.6) is 0 Å². The van der Waals surface area contributed by atoms with E-state index in [0.29, 0.717) is 5.56 Å². The fraction of sp³-hybridized carbons (Fsp3) is 0.429. The van der Waals surface area contributed by atoms with Crippen LogP contribution in [0.1, 0.15) is 61.3 Å². The van der Waals surface area contributed by atoms with Crippen LogP contribution < -0.4 is 16.4 Å². The molecule has 0 saturated carbocycles. The number of primary amides is 1. The maximum absolute atomic E-state index is 13.4. The topological polar surface area (TPSA) is 114 Å². The summed E-state index contributed by atoms with van der Waals surface area (Å²) >= 11 is 0. The van der Waals surface area contributed by atoms with Crippen molar-refractivity contribution in [2.24, 2.45) is 16.6 Å². The number of nitrogens with two attached hydrogens (primary N) is 1. The van der Waals surface area contributed by atoms with Gasteiger partial charge in [-0.2, -0.15) is 39.5 Å². The Balaban J connectivity index is 0.000000860. The van der Waals surface area contributed by atoms with Crippen molar-refractivity contribution in [3.8, 4) is 0 Å². The predicted molar refractivity (Wildman–Crippen MR) is 142 cm³/mol. The normalized spacial score (nSPS) is 15.9. The monoisotopic (exact) mass is 640 g/mol. The van der Waals surface area contributed by atoms with Gasteiger partial charge in [0, 0.05) is 36.3 Å². The first kappa shape index (κ1) is 36.1. The summed E-state index contributed by atoms with van der Waals surface area (Å²) in [4.78, 5) is 41.3. The number of carbonyl (C=O) groups is 3. The highest BCUT2D eigenvalue weighted by atomic mass is 19.4. The van der Waals surface area contributed by atoms with Crippen LogP contribution in [0.3, 0.4) is 0 Å². The summed E-state index contributed by atoms with van der Waals surface area (Å²) in [7, 11) is 0. The second-order valence-electron chi connectivity index (χ2n) is 9.84. The van der Waals surface area contributed by atoms with Gasteiger partial charge in [0.2, 0.25) is 18.0 Å². The minimum absolute atomic E-state index is 0.0109. The SMILES string of the molecule is CCCC(F)(F)F.Cc1cccc2c1NC(=O)C(NC(=O)C(CCC(F)(F)F)CC(N)=O)N=C2c1cccc(C(F)(F)F)c1. The lowest BCUT2D eigenvalue weighted by atomic mass is 9.97. The van der Waals surface area contributed by atoms with E-state index in [1.54, 1.807) is 19.1 Å².